The molecular formula is C22H23F5N2O4. The van der Waals surface area contributed by atoms with Crippen molar-refractivity contribution in [1.82, 2.24) is 4.98 Å². The van der Waals surface area contributed by atoms with Crippen LogP contribution >= 0.6 is 0 Å². The van der Waals surface area contributed by atoms with E-state index < -0.39 is 59.1 Å². The second kappa shape index (κ2) is 8.86. The standard InChI is InChI=1S/C22H23F5N2O4/c1-10-16(13-5-6-14(23)17(24)18(13)32-4)19(33-21(10,3)22(25,26)27)20(31)29-12-7-8-28-15(9-12)11(2)30/h5-11,16,19,30H,1-4H3,(H,28,29,31)/t10-,11-,16-,19+,21+/m1/s1. The van der Waals surface area contributed by atoms with E-state index in [9.17, 15) is 31.9 Å². The summed E-state index contributed by atoms with van der Waals surface area (Å²) in [5.41, 5.74) is -2.49. The number of ether oxygens (including phenoxy) is 2. The summed E-state index contributed by atoms with van der Waals surface area (Å²) in [5, 5.41) is 12.1. The van der Waals surface area contributed by atoms with Crippen molar-refractivity contribution in [3.63, 3.8) is 0 Å². The molecule has 1 fully saturated rings. The van der Waals surface area contributed by atoms with Crippen molar-refractivity contribution in [3.8, 4) is 5.75 Å². The molecule has 1 amide bonds. The normalized spacial score (nSPS) is 26.2. The molecule has 0 spiro atoms. The quantitative estimate of drug-likeness (QED) is 0.624. The summed E-state index contributed by atoms with van der Waals surface area (Å²) in [6, 6.07) is 4.59. The molecule has 11 heteroatoms. The number of pyridine rings is 1. The molecule has 2 aromatic rings. The molecule has 1 aromatic heterocycles. The average Bonchev–Trinajstić information content (AvgIpc) is 3.02. The van der Waals surface area contributed by atoms with Gasteiger partial charge in [-0.3, -0.25) is 9.78 Å². The number of carbonyl (C=O) groups is 1. The van der Waals surface area contributed by atoms with E-state index in [1.807, 2.05) is 0 Å². The number of halogens is 5. The molecule has 1 aromatic carbocycles. The van der Waals surface area contributed by atoms with Gasteiger partial charge < -0.3 is 19.9 Å². The molecular weight excluding hydrogens is 451 g/mol. The maximum absolute atomic E-state index is 14.4. The minimum atomic E-state index is -4.86. The Morgan fingerprint density at radius 2 is 1.97 bits per heavy atom. The van der Waals surface area contributed by atoms with Crippen molar-refractivity contribution >= 4 is 11.6 Å². The predicted octanol–water partition coefficient (Wildman–Crippen LogP) is 4.50. The van der Waals surface area contributed by atoms with Crippen molar-refractivity contribution in [3.05, 3.63) is 53.4 Å². The number of carbonyl (C=O) groups excluding carboxylic acids is 1. The smallest absolute Gasteiger partial charge is 0.417 e. The minimum Gasteiger partial charge on any atom is -0.493 e. The van der Waals surface area contributed by atoms with Crippen molar-refractivity contribution in [2.24, 2.45) is 5.92 Å². The Labute approximate surface area is 186 Å². The van der Waals surface area contributed by atoms with Crippen LogP contribution in [0.15, 0.2) is 30.5 Å². The average molecular weight is 474 g/mol. The Morgan fingerprint density at radius 1 is 1.30 bits per heavy atom. The number of hydrogen-bond acceptors (Lipinski definition) is 5. The van der Waals surface area contributed by atoms with E-state index >= 15 is 0 Å². The fraction of sp³-hybridized carbons (Fsp3) is 0.455. The number of nitrogens with one attached hydrogen (secondary N) is 1. The molecule has 1 aliphatic heterocycles. The molecule has 6 nitrogen and oxygen atoms in total. The Hall–Kier alpha value is -2.79. The Morgan fingerprint density at radius 3 is 2.55 bits per heavy atom. The lowest BCUT2D eigenvalue weighted by Crippen LogP contribution is -2.47. The fourth-order valence-corrected chi connectivity index (χ4v) is 4.01. The second-order valence-corrected chi connectivity index (χ2v) is 8.08. The molecule has 180 valence electrons. The maximum atomic E-state index is 14.4. The summed E-state index contributed by atoms with van der Waals surface area (Å²) >= 11 is 0. The number of aliphatic hydroxyl groups excluding tert-OH is 1. The number of benzene rings is 1. The molecule has 0 unspecified atom stereocenters. The van der Waals surface area contributed by atoms with Crippen LogP contribution in [0.4, 0.5) is 27.6 Å². The van der Waals surface area contributed by atoms with Gasteiger partial charge in [-0.1, -0.05) is 13.0 Å². The monoisotopic (exact) mass is 474 g/mol. The highest BCUT2D eigenvalue weighted by molar-refractivity contribution is 5.95. The zero-order valence-electron chi connectivity index (χ0n) is 18.2. The Kier molecular flexibility index (Phi) is 6.67. The molecule has 1 saturated heterocycles. The summed E-state index contributed by atoms with van der Waals surface area (Å²) in [5.74, 6) is -6.84. The first-order valence-electron chi connectivity index (χ1n) is 10.0. The number of nitrogens with zero attached hydrogens (tertiary/aromatic N) is 1. The Balaban J connectivity index is 2.07. The third-order valence-corrected chi connectivity index (χ3v) is 6.05. The molecule has 2 heterocycles. The zero-order valence-corrected chi connectivity index (χ0v) is 18.2. The third kappa shape index (κ3) is 4.39. The molecule has 0 aliphatic carbocycles. The predicted molar refractivity (Wildman–Crippen MR) is 108 cm³/mol. The van der Waals surface area contributed by atoms with Gasteiger partial charge in [-0.05, 0) is 32.0 Å². The van der Waals surface area contributed by atoms with Crippen molar-refractivity contribution in [1.29, 1.82) is 0 Å². The SMILES string of the molecule is COc1c([C@@H]2[C@@H](C(=O)Nc3ccnc([C@@H](C)O)c3)O[C@](C)(C(F)(F)F)[C@@H]2C)ccc(F)c1F. The van der Waals surface area contributed by atoms with Crippen LogP contribution in [-0.4, -0.2) is 41.0 Å². The minimum absolute atomic E-state index is 0.128. The van der Waals surface area contributed by atoms with E-state index in [-0.39, 0.29) is 16.9 Å². The van der Waals surface area contributed by atoms with E-state index in [1.165, 1.54) is 32.2 Å². The molecule has 0 saturated carbocycles. The van der Waals surface area contributed by atoms with E-state index in [1.54, 1.807) is 0 Å². The molecule has 33 heavy (non-hydrogen) atoms. The Bertz CT molecular complexity index is 1050. The van der Waals surface area contributed by atoms with E-state index in [2.05, 4.69) is 10.3 Å². The summed E-state index contributed by atoms with van der Waals surface area (Å²) in [6.07, 6.45) is -6.21. The van der Waals surface area contributed by atoms with Gasteiger partial charge >= 0.3 is 6.18 Å². The zero-order chi connectivity index (χ0) is 24.7. The van der Waals surface area contributed by atoms with Crippen LogP contribution in [0.2, 0.25) is 0 Å². The maximum Gasteiger partial charge on any atom is 0.417 e. The van der Waals surface area contributed by atoms with Gasteiger partial charge in [0.2, 0.25) is 5.82 Å². The topological polar surface area (TPSA) is 80.7 Å². The van der Waals surface area contributed by atoms with Crippen LogP contribution < -0.4 is 10.1 Å². The van der Waals surface area contributed by atoms with Crippen LogP contribution in [0.3, 0.4) is 0 Å². The molecule has 0 bridgehead atoms. The van der Waals surface area contributed by atoms with Gasteiger partial charge in [0.05, 0.1) is 18.9 Å². The largest absolute Gasteiger partial charge is 0.493 e. The highest BCUT2D eigenvalue weighted by atomic mass is 19.4. The van der Waals surface area contributed by atoms with Crippen LogP contribution in [0.5, 0.6) is 5.75 Å². The highest BCUT2D eigenvalue weighted by Gasteiger charge is 2.65. The number of aliphatic hydroxyl groups is 1. The van der Waals surface area contributed by atoms with Crippen LogP contribution in [0, 0.1) is 17.6 Å². The number of alkyl halides is 3. The van der Waals surface area contributed by atoms with E-state index in [0.717, 1.165) is 26.2 Å². The van der Waals surface area contributed by atoms with Crippen LogP contribution in [0.25, 0.3) is 0 Å². The molecule has 3 rings (SSSR count). The van der Waals surface area contributed by atoms with Gasteiger partial charge in [0, 0.05) is 29.3 Å². The lowest BCUT2D eigenvalue weighted by Gasteiger charge is -2.32. The number of anilines is 1. The van der Waals surface area contributed by atoms with Gasteiger partial charge in [0.1, 0.15) is 6.10 Å². The first-order chi connectivity index (χ1) is 15.3. The van der Waals surface area contributed by atoms with E-state index in [0.29, 0.717) is 0 Å². The van der Waals surface area contributed by atoms with Crippen molar-refractivity contribution in [2.45, 2.75) is 50.7 Å². The molecule has 0 radical (unpaired) electrons. The van der Waals surface area contributed by atoms with E-state index in [4.69, 9.17) is 9.47 Å². The van der Waals surface area contributed by atoms with Gasteiger partial charge in [-0.2, -0.15) is 17.6 Å². The number of rotatable bonds is 5. The first-order valence-corrected chi connectivity index (χ1v) is 10.0. The number of aromatic nitrogens is 1. The summed E-state index contributed by atoms with van der Waals surface area (Å²) in [6.45, 7) is 3.49. The number of methoxy groups -OCH3 is 1. The van der Waals surface area contributed by atoms with Gasteiger partial charge in [-0.25, -0.2) is 4.39 Å². The summed E-state index contributed by atoms with van der Waals surface area (Å²) in [7, 11) is 1.05. The lowest BCUT2D eigenvalue weighted by molar-refractivity contribution is -0.272. The fourth-order valence-electron chi connectivity index (χ4n) is 4.01. The molecule has 1 aliphatic rings. The summed E-state index contributed by atoms with van der Waals surface area (Å²) < 4.78 is 80.2. The lowest BCUT2D eigenvalue weighted by atomic mass is 9.77. The number of hydrogen-bond donors (Lipinski definition) is 2. The van der Waals surface area contributed by atoms with Gasteiger partial charge in [-0.15, -0.1) is 0 Å². The van der Waals surface area contributed by atoms with Gasteiger partial charge in [0.25, 0.3) is 5.91 Å². The third-order valence-electron chi connectivity index (χ3n) is 6.05. The first kappa shape index (κ1) is 24.8. The van der Waals surface area contributed by atoms with Crippen molar-refractivity contribution in [2.75, 3.05) is 12.4 Å². The summed E-state index contributed by atoms with van der Waals surface area (Å²) in [4.78, 5) is 17.0. The van der Waals surface area contributed by atoms with Crippen LogP contribution in [0.1, 0.15) is 44.1 Å². The second-order valence-electron chi connectivity index (χ2n) is 8.08. The van der Waals surface area contributed by atoms with Gasteiger partial charge in [0.15, 0.2) is 17.2 Å². The highest BCUT2D eigenvalue weighted by Crippen LogP contribution is 2.55. The van der Waals surface area contributed by atoms with Crippen molar-refractivity contribution < 1.29 is 41.3 Å². The molecule has 5 atom stereocenters. The molecule has 2 N–H and O–H groups in total. The van der Waals surface area contributed by atoms with Crippen LogP contribution in [-0.2, 0) is 9.53 Å². The number of amides is 1.